The molecule has 6 heteroatoms. The Morgan fingerprint density at radius 3 is 2.38 bits per heavy atom. The third-order valence-electron chi connectivity index (χ3n) is 6.47. The highest BCUT2D eigenvalue weighted by atomic mass is 79.9. The summed E-state index contributed by atoms with van der Waals surface area (Å²) >= 11 is 3.56. The Hall–Kier alpha value is -3.38. The van der Waals surface area contributed by atoms with Gasteiger partial charge in [-0.3, -0.25) is 5.01 Å². The van der Waals surface area contributed by atoms with Crippen molar-refractivity contribution in [3.8, 4) is 0 Å². The van der Waals surface area contributed by atoms with E-state index in [-0.39, 0.29) is 18.1 Å². The van der Waals surface area contributed by atoms with Crippen LogP contribution >= 0.6 is 15.9 Å². The zero-order chi connectivity index (χ0) is 23.7. The fraction of sp³-hybridized carbons (Fsp3) is 0.214. The van der Waals surface area contributed by atoms with Gasteiger partial charge in [-0.1, -0.05) is 76.6 Å². The highest BCUT2D eigenvalue weighted by Crippen LogP contribution is 2.41. The second kappa shape index (κ2) is 9.47. The number of urea groups is 1. The van der Waals surface area contributed by atoms with E-state index in [0.29, 0.717) is 6.54 Å². The maximum atomic E-state index is 12.7. The summed E-state index contributed by atoms with van der Waals surface area (Å²) in [5, 5.41) is 10.5. The maximum Gasteiger partial charge on any atom is 0.322 e. The molecule has 0 aliphatic carbocycles. The molecule has 2 amide bonds. The number of para-hydroxylation sites is 1. The van der Waals surface area contributed by atoms with Crippen molar-refractivity contribution in [2.45, 2.75) is 32.4 Å². The number of halogens is 1. The van der Waals surface area contributed by atoms with E-state index in [2.05, 4.69) is 93.8 Å². The predicted molar refractivity (Wildman–Crippen MR) is 141 cm³/mol. The Bertz CT molecular complexity index is 1250. The fourth-order valence-electron chi connectivity index (χ4n) is 4.64. The first-order valence-electron chi connectivity index (χ1n) is 11.6. The largest absolute Gasteiger partial charge is 0.327 e. The van der Waals surface area contributed by atoms with Crippen molar-refractivity contribution in [1.29, 1.82) is 0 Å². The van der Waals surface area contributed by atoms with Crippen LogP contribution in [0.1, 0.15) is 42.1 Å². The van der Waals surface area contributed by atoms with Gasteiger partial charge < -0.3 is 10.2 Å². The van der Waals surface area contributed by atoms with Gasteiger partial charge in [-0.25, -0.2) is 4.79 Å². The summed E-state index contributed by atoms with van der Waals surface area (Å²) in [4.78, 5) is 14.5. The topological polar surface area (TPSA) is 47.9 Å². The maximum absolute atomic E-state index is 12.7. The van der Waals surface area contributed by atoms with Crippen LogP contribution < -0.4 is 10.3 Å². The number of amides is 2. The first-order chi connectivity index (χ1) is 16.5. The van der Waals surface area contributed by atoms with Gasteiger partial charge in [0.25, 0.3) is 0 Å². The predicted octanol–water partition coefficient (Wildman–Crippen LogP) is 6.74. The van der Waals surface area contributed by atoms with Crippen molar-refractivity contribution in [3.63, 3.8) is 0 Å². The smallest absolute Gasteiger partial charge is 0.322 e. The zero-order valence-electron chi connectivity index (χ0n) is 19.3. The van der Waals surface area contributed by atoms with Crippen LogP contribution in [0.5, 0.6) is 0 Å². The molecule has 2 aliphatic rings. The van der Waals surface area contributed by atoms with Gasteiger partial charge in [-0.05, 0) is 48.7 Å². The minimum atomic E-state index is -0.238. The molecule has 5 nitrogen and oxygen atoms in total. The molecule has 1 N–H and O–H groups in total. The van der Waals surface area contributed by atoms with Crippen LogP contribution in [0.15, 0.2) is 100 Å². The fourth-order valence-corrected chi connectivity index (χ4v) is 4.91. The molecule has 0 aromatic heterocycles. The van der Waals surface area contributed by atoms with Gasteiger partial charge in [-0.15, -0.1) is 0 Å². The third-order valence-corrected chi connectivity index (χ3v) is 7.00. The summed E-state index contributed by atoms with van der Waals surface area (Å²) in [6.45, 7) is 4.70. The molecule has 5 rings (SSSR count). The Labute approximate surface area is 208 Å². The molecule has 172 valence electrons. The number of rotatable bonds is 5. The van der Waals surface area contributed by atoms with Crippen LogP contribution in [0, 0.1) is 6.92 Å². The zero-order valence-corrected chi connectivity index (χ0v) is 20.9. The van der Waals surface area contributed by atoms with Gasteiger partial charge in [0.05, 0.1) is 23.5 Å². The Kier molecular flexibility index (Phi) is 6.24. The lowest BCUT2D eigenvalue weighted by Gasteiger charge is -2.32. The Morgan fingerprint density at radius 2 is 1.68 bits per heavy atom. The van der Waals surface area contributed by atoms with Gasteiger partial charge in [0, 0.05) is 29.2 Å². The van der Waals surface area contributed by atoms with Crippen LogP contribution in [-0.4, -0.2) is 23.2 Å². The molecular formula is C28H27BrN4O. The van der Waals surface area contributed by atoms with Crippen molar-refractivity contribution in [2.24, 2.45) is 5.10 Å². The summed E-state index contributed by atoms with van der Waals surface area (Å²) < 4.78 is 1.05. The lowest BCUT2D eigenvalue weighted by molar-refractivity contribution is 0.210. The number of hydrazone groups is 1. The van der Waals surface area contributed by atoms with Crippen LogP contribution in [0.3, 0.4) is 0 Å². The van der Waals surface area contributed by atoms with Crippen molar-refractivity contribution in [1.82, 2.24) is 10.2 Å². The molecule has 2 heterocycles. The van der Waals surface area contributed by atoms with E-state index >= 15 is 0 Å². The molecule has 0 saturated heterocycles. The SMILES string of the molecule is CCN1C=C(C2=NN(c3ccccc3C)C(c3ccc(Br)cc3)C2)C(c2ccccc2)NC1=O. The van der Waals surface area contributed by atoms with Gasteiger partial charge in [0.15, 0.2) is 0 Å². The highest BCUT2D eigenvalue weighted by Gasteiger charge is 2.37. The number of anilines is 1. The van der Waals surface area contributed by atoms with Crippen LogP contribution in [0.25, 0.3) is 0 Å². The van der Waals surface area contributed by atoms with E-state index in [4.69, 9.17) is 5.10 Å². The summed E-state index contributed by atoms with van der Waals surface area (Å²) in [6, 6.07) is 26.7. The number of nitrogens with zero attached hydrogens (tertiary/aromatic N) is 3. The van der Waals surface area contributed by atoms with Gasteiger partial charge >= 0.3 is 6.03 Å². The lowest BCUT2D eigenvalue weighted by Crippen LogP contribution is -2.45. The molecule has 0 bridgehead atoms. The van der Waals surface area contributed by atoms with E-state index in [0.717, 1.165) is 33.4 Å². The summed E-state index contributed by atoms with van der Waals surface area (Å²) in [5.74, 6) is 0. The number of benzene rings is 3. The molecule has 0 radical (unpaired) electrons. The first-order valence-corrected chi connectivity index (χ1v) is 12.4. The molecule has 2 unspecified atom stereocenters. The van der Waals surface area contributed by atoms with E-state index in [1.54, 1.807) is 4.90 Å². The average molecular weight is 515 g/mol. The van der Waals surface area contributed by atoms with Crippen molar-refractivity contribution in [2.75, 3.05) is 11.6 Å². The number of aryl methyl sites for hydroxylation is 1. The minimum absolute atomic E-state index is 0.0641. The summed E-state index contributed by atoms with van der Waals surface area (Å²) in [5.41, 5.74) is 6.54. The average Bonchev–Trinajstić information content (AvgIpc) is 3.30. The minimum Gasteiger partial charge on any atom is -0.327 e. The standard InChI is InChI=1S/C28H27BrN4O/c1-3-32-18-23(27(30-28(32)34)21-10-5-4-6-11-21)24-17-26(20-13-15-22(29)16-14-20)33(31-24)25-12-8-7-9-19(25)2/h4-16,18,26-27H,3,17H2,1-2H3,(H,30,34). The first kappa shape index (κ1) is 22.4. The summed E-state index contributed by atoms with van der Waals surface area (Å²) in [6.07, 6.45) is 2.73. The molecule has 2 atom stereocenters. The molecule has 2 aliphatic heterocycles. The Balaban J connectivity index is 1.60. The van der Waals surface area contributed by atoms with Gasteiger partial charge in [0.1, 0.15) is 0 Å². The normalized spacial score (nSPS) is 20.1. The second-order valence-corrected chi connectivity index (χ2v) is 9.53. The van der Waals surface area contributed by atoms with Crippen molar-refractivity contribution >= 4 is 33.4 Å². The molecular weight excluding hydrogens is 488 g/mol. The van der Waals surface area contributed by atoms with Crippen LogP contribution in [0.2, 0.25) is 0 Å². The Morgan fingerprint density at radius 1 is 0.971 bits per heavy atom. The van der Waals surface area contributed by atoms with Gasteiger partial charge in [-0.2, -0.15) is 5.10 Å². The molecule has 3 aromatic carbocycles. The van der Waals surface area contributed by atoms with E-state index in [1.165, 1.54) is 11.1 Å². The number of carbonyl (C=O) groups is 1. The number of hydrogen-bond acceptors (Lipinski definition) is 3. The number of nitrogens with one attached hydrogen (secondary N) is 1. The third kappa shape index (κ3) is 4.26. The van der Waals surface area contributed by atoms with E-state index in [9.17, 15) is 4.79 Å². The number of hydrogen-bond donors (Lipinski definition) is 1. The quantitative estimate of drug-likeness (QED) is 0.410. The molecule has 0 spiro atoms. The lowest BCUT2D eigenvalue weighted by atomic mass is 9.90. The van der Waals surface area contributed by atoms with Crippen molar-refractivity contribution < 1.29 is 4.79 Å². The second-order valence-electron chi connectivity index (χ2n) is 8.61. The molecule has 3 aromatic rings. The van der Waals surface area contributed by atoms with E-state index < -0.39 is 0 Å². The molecule has 34 heavy (non-hydrogen) atoms. The van der Waals surface area contributed by atoms with E-state index in [1.807, 2.05) is 31.3 Å². The molecule has 0 fully saturated rings. The van der Waals surface area contributed by atoms with Crippen LogP contribution in [0.4, 0.5) is 10.5 Å². The highest BCUT2D eigenvalue weighted by molar-refractivity contribution is 9.10. The van der Waals surface area contributed by atoms with Gasteiger partial charge in [0.2, 0.25) is 0 Å². The van der Waals surface area contributed by atoms with Crippen molar-refractivity contribution in [3.05, 3.63) is 112 Å². The van der Waals surface area contributed by atoms with Crippen LogP contribution in [-0.2, 0) is 0 Å². The molecule has 0 saturated carbocycles. The summed E-state index contributed by atoms with van der Waals surface area (Å²) in [7, 11) is 0. The monoisotopic (exact) mass is 514 g/mol. The number of carbonyl (C=O) groups excluding carboxylic acids is 1.